The molecule has 3 nitrogen and oxygen atoms in total. The number of alkyl halides is 3. The van der Waals surface area contributed by atoms with Gasteiger partial charge in [0.25, 0.3) is 5.91 Å². The van der Waals surface area contributed by atoms with Gasteiger partial charge in [-0.1, -0.05) is 0 Å². The van der Waals surface area contributed by atoms with Crippen molar-refractivity contribution in [3.8, 4) is 0 Å². The van der Waals surface area contributed by atoms with Crippen molar-refractivity contribution in [1.29, 1.82) is 0 Å². The number of hydrogen-bond donors (Lipinski definition) is 1. The van der Waals surface area contributed by atoms with Gasteiger partial charge in [-0.05, 0) is 31.0 Å². The first-order chi connectivity index (χ1) is 9.36. The Hall–Kier alpha value is -1.63. The first-order valence-electron chi connectivity index (χ1n) is 6.00. The third kappa shape index (κ3) is 4.80. The van der Waals surface area contributed by atoms with Gasteiger partial charge in [0.1, 0.15) is 5.82 Å². The Morgan fingerprint density at radius 2 is 2.00 bits per heavy atom. The molecule has 0 fully saturated rings. The van der Waals surface area contributed by atoms with Gasteiger partial charge in [-0.15, -0.1) is 0 Å². The summed E-state index contributed by atoms with van der Waals surface area (Å²) < 4.78 is 55.4. The van der Waals surface area contributed by atoms with Crippen LogP contribution in [0.15, 0.2) is 18.2 Å². The maximum atomic E-state index is 13.1. The monoisotopic (exact) mass is 293 g/mol. The Kier molecular flexibility index (Phi) is 5.94. The van der Waals surface area contributed by atoms with E-state index in [0.29, 0.717) is 31.7 Å². The number of halogens is 4. The van der Waals surface area contributed by atoms with Crippen molar-refractivity contribution in [3.05, 3.63) is 35.1 Å². The first-order valence-corrected chi connectivity index (χ1v) is 6.00. The van der Waals surface area contributed by atoms with Crippen molar-refractivity contribution >= 4 is 5.91 Å². The van der Waals surface area contributed by atoms with Crippen molar-refractivity contribution in [2.45, 2.75) is 19.0 Å². The fourth-order valence-corrected chi connectivity index (χ4v) is 1.56. The van der Waals surface area contributed by atoms with Crippen LogP contribution in [0.4, 0.5) is 17.6 Å². The summed E-state index contributed by atoms with van der Waals surface area (Å²) in [7, 11) is 1.55. The average molecular weight is 293 g/mol. The highest BCUT2D eigenvalue weighted by atomic mass is 19.4. The van der Waals surface area contributed by atoms with E-state index in [9.17, 15) is 22.4 Å². The smallest absolute Gasteiger partial charge is 0.385 e. The lowest BCUT2D eigenvalue weighted by Gasteiger charge is -2.10. The minimum atomic E-state index is -4.82. The first kappa shape index (κ1) is 16.4. The maximum Gasteiger partial charge on any atom is 0.419 e. The van der Waals surface area contributed by atoms with E-state index in [0.717, 1.165) is 12.5 Å². The molecule has 0 spiro atoms. The van der Waals surface area contributed by atoms with Crippen LogP contribution in [0.3, 0.4) is 0 Å². The number of benzene rings is 1. The third-order valence-electron chi connectivity index (χ3n) is 2.59. The number of unbranched alkanes of at least 4 members (excludes halogenated alkanes) is 1. The summed E-state index contributed by atoms with van der Waals surface area (Å²) in [6.07, 6.45) is -3.44. The summed E-state index contributed by atoms with van der Waals surface area (Å²) in [6.45, 7) is 0.867. The van der Waals surface area contributed by atoms with Gasteiger partial charge in [0.05, 0.1) is 5.56 Å². The van der Waals surface area contributed by atoms with Gasteiger partial charge >= 0.3 is 6.18 Å². The predicted molar refractivity (Wildman–Crippen MR) is 64.8 cm³/mol. The lowest BCUT2D eigenvalue weighted by Crippen LogP contribution is -2.25. The Balaban J connectivity index is 2.65. The van der Waals surface area contributed by atoms with Crippen molar-refractivity contribution in [2.24, 2.45) is 0 Å². The number of amides is 1. The summed E-state index contributed by atoms with van der Waals surface area (Å²) in [4.78, 5) is 11.6. The zero-order chi connectivity index (χ0) is 15.2. The van der Waals surface area contributed by atoms with Crippen molar-refractivity contribution in [2.75, 3.05) is 20.3 Å². The van der Waals surface area contributed by atoms with E-state index >= 15 is 0 Å². The fraction of sp³-hybridized carbons (Fsp3) is 0.462. The summed E-state index contributed by atoms with van der Waals surface area (Å²) in [6, 6.07) is 2.18. The number of methoxy groups -OCH3 is 1. The van der Waals surface area contributed by atoms with Crippen LogP contribution in [0.1, 0.15) is 28.8 Å². The van der Waals surface area contributed by atoms with E-state index in [1.54, 1.807) is 7.11 Å². The molecule has 1 N–H and O–H groups in total. The number of carbonyl (C=O) groups is 1. The highest BCUT2D eigenvalue weighted by Crippen LogP contribution is 2.31. The van der Waals surface area contributed by atoms with Crippen molar-refractivity contribution < 1.29 is 27.1 Å². The van der Waals surface area contributed by atoms with Crippen LogP contribution in [-0.4, -0.2) is 26.2 Å². The van der Waals surface area contributed by atoms with Crippen LogP contribution in [-0.2, 0) is 10.9 Å². The van der Waals surface area contributed by atoms with Gasteiger partial charge in [-0.3, -0.25) is 4.79 Å². The van der Waals surface area contributed by atoms with Gasteiger partial charge < -0.3 is 10.1 Å². The molecular formula is C13H15F4NO2. The SMILES string of the molecule is COCCCCNC(=O)c1ccc(F)c(C(F)(F)F)c1. The van der Waals surface area contributed by atoms with Gasteiger partial charge in [0.2, 0.25) is 0 Å². The van der Waals surface area contributed by atoms with Gasteiger partial charge in [0, 0.05) is 25.8 Å². The minimum Gasteiger partial charge on any atom is -0.385 e. The standard InChI is InChI=1S/C13H15F4NO2/c1-20-7-3-2-6-18-12(19)9-4-5-11(14)10(8-9)13(15,16)17/h4-5,8H,2-3,6-7H2,1H3,(H,18,19). The molecule has 20 heavy (non-hydrogen) atoms. The molecule has 0 atom stereocenters. The van der Waals surface area contributed by atoms with Gasteiger partial charge in [-0.2, -0.15) is 13.2 Å². The molecule has 0 heterocycles. The van der Waals surface area contributed by atoms with Crippen LogP contribution >= 0.6 is 0 Å². The van der Waals surface area contributed by atoms with Crippen LogP contribution in [0, 0.1) is 5.82 Å². The normalized spacial score (nSPS) is 11.4. The Morgan fingerprint density at radius 1 is 1.30 bits per heavy atom. The largest absolute Gasteiger partial charge is 0.419 e. The molecule has 7 heteroatoms. The Morgan fingerprint density at radius 3 is 2.60 bits per heavy atom. The summed E-state index contributed by atoms with van der Waals surface area (Å²) in [5, 5.41) is 2.47. The quantitative estimate of drug-likeness (QED) is 0.647. The second-order valence-electron chi connectivity index (χ2n) is 4.15. The molecule has 1 aromatic rings. The number of ether oxygens (including phenoxy) is 1. The molecule has 0 bridgehead atoms. The van der Waals surface area contributed by atoms with Crippen molar-refractivity contribution in [3.63, 3.8) is 0 Å². The number of rotatable bonds is 6. The molecular weight excluding hydrogens is 278 g/mol. The highest BCUT2D eigenvalue weighted by Gasteiger charge is 2.34. The minimum absolute atomic E-state index is 0.217. The van der Waals surface area contributed by atoms with Crippen LogP contribution in [0.5, 0.6) is 0 Å². The van der Waals surface area contributed by atoms with E-state index in [4.69, 9.17) is 4.74 Å². The number of nitrogens with one attached hydrogen (secondary N) is 1. The molecule has 0 saturated heterocycles. The van der Waals surface area contributed by atoms with Gasteiger partial charge in [-0.25, -0.2) is 4.39 Å². The Labute approximate surface area is 113 Å². The summed E-state index contributed by atoms with van der Waals surface area (Å²) in [5.74, 6) is -2.05. The lowest BCUT2D eigenvalue weighted by molar-refractivity contribution is -0.140. The molecule has 1 amide bonds. The lowest BCUT2D eigenvalue weighted by atomic mass is 10.1. The van der Waals surface area contributed by atoms with E-state index in [2.05, 4.69) is 5.32 Å². The zero-order valence-corrected chi connectivity index (χ0v) is 10.9. The molecule has 1 rings (SSSR count). The van der Waals surface area contributed by atoms with E-state index < -0.39 is 23.5 Å². The van der Waals surface area contributed by atoms with Crippen LogP contribution in [0.2, 0.25) is 0 Å². The fourth-order valence-electron chi connectivity index (χ4n) is 1.56. The van der Waals surface area contributed by atoms with Gasteiger partial charge in [0.15, 0.2) is 0 Å². The van der Waals surface area contributed by atoms with Crippen LogP contribution in [0.25, 0.3) is 0 Å². The number of hydrogen-bond acceptors (Lipinski definition) is 2. The molecule has 0 aromatic heterocycles. The predicted octanol–water partition coefficient (Wildman–Crippen LogP) is 3.00. The van der Waals surface area contributed by atoms with E-state index in [-0.39, 0.29) is 5.56 Å². The molecule has 112 valence electrons. The molecule has 0 aliphatic carbocycles. The zero-order valence-electron chi connectivity index (χ0n) is 10.9. The topological polar surface area (TPSA) is 38.3 Å². The molecule has 0 saturated carbocycles. The van der Waals surface area contributed by atoms with Crippen LogP contribution < -0.4 is 5.32 Å². The molecule has 0 aliphatic rings. The summed E-state index contributed by atoms with van der Waals surface area (Å²) in [5.41, 5.74) is -1.66. The third-order valence-corrected chi connectivity index (χ3v) is 2.59. The molecule has 0 radical (unpaired) electrons. The second-order valence-corrected chi connectivity index (χ2v) is 4.15. The van der Waals surface area contributed by atoms with Crippen molar-refractivity contribution in [1.82, 2.24) is 5.32 Å². The molecule has 0 aliphatic heterocycles. The maximum absolute atomic E-state index is 13.1. The molecule has 1 aromatic carbocycles. The molecule has 0 unspecified atom stereocenters. The summed E-state index contributed by atoms with van der Waals surface area (Å²) >= 11 is 0. The Bertz CT molecular complexity index is 460. The van der Waals surface area contributed by atoms with E-state index in [1.165, 1.54) is 0 Å². The van der Waals surface area contributed by atoms with E-state index in [1.807, 2.05) is 0 Å². The number of carbonyl (C=O) groups excluding carboxylic acids is 1. The second kappa shape index (κ2) is 7.23. The highest BCUT2D eigenvalue weighted by molar-refractivity contribution is 5.94. The average Bonchev–Trinajstić information content (AvgIpc) is 2.37.